The number of halogens is 1. The first-order valence-corrected chi connectivity index (χ1v) is 7.66. The van der Waals surface area contributed by atoms with E-state index >= 15 is 0 Å². The van der Waals surface area contributed by atoms with Gasteiger partial charge in [0.15, 0.2) is 5.82 Å². The van der Waals surface area contributed by atoms with Crippen LogP contribution in [0.15, 0.2) is 24.5 Å². The van der Waals surface area contributed by atoms with Crippen LogP contribution in [-0.2, 0) is 19.7 Å². The highest BCUT2D eigenvalue weighted by Gasteiger charge is 2.21. The number of hydrogen-bond acceptors (Lipinski definition) is 4. The molecule has 2 aromatic rings. The largest absolute Gasteiger partial charge is 0.485 e. The zero-order valence-corrected chi connectivity index (χ0v) is 12.8. The molecule has 1 aliphatic carbocycles. The standard InChI is InChI=1S/C15H19ClN4O/c1-2-20-15(18-10-19-20)9-21-14-5-3-4-13(16)12(14)8-17-11-6-7-11/h3-5,10-11,17H,2,6-9H2,1H3. The minimum atomic E-state index is 0.393. The van der Waals surface area contributed by atoms with Crippen LogP contribution in [0.2, 0.25) is 5.02 Å². The molecular weight excluding hydrogens is 288 g/mol. The third-order valence-electron chi connectivity index (χ3n) is 3.57. The van der Waals surface area contributed by atoms with Gasteiger partial charge in [0.2, 0.25) is 0 Å². The number of aryl methyl sites for hydroxylation is 1. The molecule has 6 heteroatoms. The first-order chi connectivity index (χ1) is 10.3. The van der Waals surface area contributed by atoms with Crippen molar-refractivity contribution in [2.24, 2.45) is 0 Å². The Labute approximate surface area is 129 Å². The topological polar surface area (TPSA) is 52.0 Å². The Hall–Kier alpha value is -1.59. The molecule has 5 nitrogen and oxygen atoms in total. The van der Waals surface area contributed by atoms with Gasteiger partial charge < -0.3 is 10.1 Å². The SMILES string of the molecule is CCn1ncnc1COc1cccc(Cl)c1CNC1CC1. The zero-order valence-electron chi connectivity index (χ0n) is 12.1. The van der Waals surface area contributed by atoms with Crippen LogP contribution in [0.25, 0.3) is 0 Å². The second kappa shape index (κ2) is 6.45. The van der Waals surface area contributed by atoms with E-state index in [1.807, 2.05) is 29.8 Å². The lowest BCUT2D eigenvalue weighted by molar-refractivity contribution is 0.283. The van der Waals surface area contributed by atoms with Gasteiger partial charge in [0.1, 0.15) is 18.7 Å². The summed E-state index contributed by atoms with van der Waals surface area (Å²) in [4.78, 5) is 4.22. The van der Waals surface area contributed by atoms with Gasteiger partial charge in [0.25, 0.3) is 0 Å². The summed E-state index contributed by atoms with van der Waals surface area (Å²) >= 11 is 6.30. The molecule has 0 amide bonds. The van der Waals surface area contributed by atoms with Crippen molar-refractivity contribution in [2.75, 3.05) is 0 Å². The first-order valence-electron chi connectivity index (χ1n) is 7.28. The summed E-state index contributed by atoms with van der Waals surface area (Å²) in [5.74, 6) is 1.62. The van der Waals surface area contributed by atoms with E-state index in [1.54, 1.807) is 6.33 Å². The molecule has 0 spiro atoms. The number of benzene rings is 1. The van der Waals surface area contributed by atoms with Crippen LogP contribution in [0.4, 0.5) is 0 Å². The lowest BCUT2D eigenvalue weighted by Gasteiger charge is -2.13. The molecule has 21 heavy (non-hydrogen) atoms. The third kappa shape index (κ3) is 3.54. The number of nitrogens with one attached hydrogen (secondary N) is 1. The monoisotopic (exact) mass is 306 g/mol. The van der Waals surface area contributed by atoms with Gasteiger partial charge >= 0.3 is 0 Å². The quantitative estimate of drug-likeness (QED) is 0.854. The summed E-state index contributed by atoms with van der Waals surface area (Å²) in [6.45, 7) is 3.94. The van der Waals surface area contributed by atoms with Crippen molar-refractivity contribution in [2.45, 2.75) is 45.5 Å². The Morgan fingerprint density at radius 3 is 3.05 bits per heavy atom. The van der Waals surface area contributed by atoms with E-state index in [1.165, 1.54) is 12.8 Å². The van der Waals surface area contributed by atoms with E-state index in [9.17, 15) is 0 Å². The van der Waals surface area contributed by atoms with Crippen LogP contribution in [0.5, 0.6) is 5.75 Å². The van der Waals surface area contributed by atoms with Gasteiger partial charge in [0, 0.05) is 29.7 Å². The van der Waals surface area contributed by atoms with Gasteiger partial charge in [-0.05, 0) is 31.9 Å². The molecule has 0 aliphatic heterocycles. The maximum absolute atomic E-state index is 6.30. The van der Waals surface area contributed by atoms with E-state index in [0.717, 1.165) is 35.2 Å². The number of hydrogen-bond donors (Lipinski definition) is 1. The molecule has 1 N–H and O–H groups in total. The number of ether oxygens (including phenoxy) is 1. The van der Waals surface area contributed by atoms with Gasteiger partial charge in [-0.1, -0.05) is 17.7 Å². The van der Waals surface area contributed by atoms with E-state index in [-0.39, 0.29) is 0 Å². The zero-order chi connectivity index (χ0) is 14.7. The summed E-state index contributed by atoms with van der Waals surface area (Å²) in [5, 5.41) is 8.35. The average molecular weight is 307 g/mol. The van der Waals surface area contributed by atoms with Crippen LogP contribution in [0.3, 0.4) is 0 Å². The average Bonchev–Trinajstić information content (AvgIpc) is 3.20. The third-order valence-corrected chi connectivity index (χ3v) is 3.93. The van der Waals surface area contributed by atoms with Crippen LogP contribution < -0.4 is 10.1 Å². The highest BCUT2D eigenvalue weighted by atomic mass is 35.5. The molecule has 1 fully saturated rings. The van der Waals surface area contributed by atoms with E-state index in [2.05, 4.69) is 15.4 Å². The van der Waals surface area contributed by atoms with Crippen LogP contribution in [-0.4, -0.2) is 20.8 Å². The fourth-order valence-corrected chi connectivity index (χ4v) is 2.42. The van der Waals surface area contributed by atoms with Crippen LogP contribution in [0, 0.1) is 0 Å². The second-order valence-corrected chi connectivity index (χ2v) is 5.56. The Morgan fingerprint density at radius 1 is 1.43 bits per heavy atom. The molecule has 0 atom stereocenters. The van der Waals surface area contributed by atoms with Crippen molar-refractivity contribution < 1.29 is 4.74 Å². The predicted molar refractivity (Wildman–Crippen MR) is 81.3 cm³/mol. The fraction of sp³-hybridized carbons (Fsp3) is 0.467. The molecule has 1 aromatic heterocycles. The molecule has 0 unspecified atom stereocenters. The van der Waals surface area contributed by atoms with Gasteiger partial charge in [-0.3, -0.25) is 0 Å². The Kier molecular flexibility index (Phi) is 4.41. The summed E-state index contributed by atoms with van der Waals surface area (Å²) < 4.78 is 7.74. The molecule has 1 heterocycles. The molecule has 0 radical (unpaired) electrons. The molecule has 0 bridgehead atoms. The number of nitrogens with zero attached hydrogens (tertiary/aromatic N) is 3. The lowest BCUT2D eigenvalue weighted by Crippen LogP contribution is -2.16. The molecular formula is C15H19ClN4O. The smallest absolute Gasteiger partial charge is 0.164 e. The van der Waals surface area contributed by atoms with Gasteiger partial charge in [-0.25, -0.2) is 9.67 Å². The Bertz CT molecular complexity index is 609. The van der Waals surface area contributed by atoms with E-state index < -0.39 is 0 Å². The van der Waals surface area contributed by atoms with E-state index in [4.69, 9.17) is 16.3 Å². The molecule has 0 saturated heterocycles. The predicted octanol–water partition coefficient (Wildman–Crippen LogP) is 2.78. The minimum absolute atomic E-state index is 0.393. The molecule has 1 aromatic carbocycles. The highest BCUT2D eigenvalue weighted by molar-refractivity contribution is 6.31. The molecule has 1 aliphatic rings. The van der Waals surface area contributed by atoms with Crippen LogP contribution >= 0.6 is 11.6 Å². The maximum atomic E-state index is 6.30. The van der Waals surface area contributed by atoms with Crippen molar-refractivity contribution >= 4 is 11.6 Å². The summed E-state index contributed by atoms with van der Waals surface area (Å²) in [7, 11) is 0. The van der Waals surface area contributed by atoms with E-state index in [0.29, 0.717) is 12.6 Å². The van der Waals surface area contributed by atoms with Gasteiger partial charge in [-0.15, -0.1) is 0 Å². The Morgan fingerprint density at radius 2 is 2.29 bits per heavy atom. The minimum Gasteiger partial charge on any atom is -0.485 e. The summed E-state index contributed by atoms with van der Waals surface area (Å²) in [6, 6.07) is 6.38. The van der Waals surface area contributed by atoms with Crippen molar-refractivity contribution in [1.29, 1.82) is 0 Å². The Balaban J connectivity index is 1.70. The van der Waals surface area contributed by atoms with Crippen LogP contribution in [0.1, 0.15) is 31.2 Å². The fourth-order valence-electron chi connectivity index (χ4n) is 2.19. The number of rotatable bonds is 7. The normalized spacial score (nSPS) is 14.4. The van der Waals surface area contributed by atoms with Gasteiger partial charge in [-0.2, -0.15) is 5.10 Å². The number of aromatic nitrogens is 3. The van der Waals surface area contributed by atoms with Crippen molar-refractivity contribution in [3.63, 3.8) is 0 Å². The molecule has 3 rings (SSSR count). The summed E-state index contributed by atoms with van der Waals surface area (Å²) in [5.41, 5.74) is 1.01. The van der Waals surface area contributed by atoms with Crippen molar-refractivity contribution in [1.82, 2.24) is 20.1 Å². The summed E-state index contributed by atoms with van der Waals surface area (Å²) in [6.07, 6.45) is 4.05. The second-order valence-electron chi connectivity index (χ2n) is 5.15. The van der Waals surface area contributed by atoms with Crippen molar-refractivity contribution in [3.8, 4) is 5.75 Å². The molecule has 112 valence electrons. The molecule has 1 saturated carbocycles. The lowest BCUT2D eigenvalue weighted by atomic mass is 10.2. The van der Waals surface area contributed by atoms with Crippen molar-refractivity contribution in [3.05, 3.63) is 40.9 Å². The first kappa shape index (κ1) is 14.4. The maximum Gasteiger partial charge on any atom is 0.164 e. The van der Waals surface area contributed by atoms with Gasteiger partial charge in [0.05, 0.1) is 0 Å². The highest BCUT2D eigenvalue weighted by Crippen LogP contribution is 2.28.